The molecule has 3 aliphatic carbocycles. The van der Waals surface area contributed by atoms with Crippen molar-refractivity contribution in [2.24, 2.45) is 35.0 Å². The first-order valence-corrected chi connectivity index (χ1v) is 6.83. The molecule has 0 saturated heterocycles. The Morgan fingerprint density at radius 3 is 2.69 bits per heavy atom. The Bertz CT molecular complexity index is 332. The predicted octanol–water partition coefficient (Wildman–Crippen LogP) is 3.24. The summed E-state index contributed by atoms with van der Waals surface area (Å²) in [4.78, 5) is 0. The zero-order chi connectivity index (χ0) is 11.7. The van der Waals surface area contributed by atoms with Gasteiger partial charge >= 0.3 is 0 Å². The van der Waals surface area contributed by atoms with Gasteiger partial charge in [-0.25, -0.2) is 0 Å². The first-order valence-electron chi connectivity index (χ1n) is 6.83. The topological polar surface area (TPSA) is 20.2 Å². The van der Waals surface area contributed by atoms with Gasteiger partial charge in [0, 0.05) is 0 Å². The maximum absolute atomic E-state index is 9.97. The predicted molar refractivity (Wildman–Crippen MR) is 65.9 cm³/mol. The Morgan fingerprint density at radius 2 is 2.12 bits per heavy atom. The van der Waals surface area contributed by atoms with Crippen LogP contribution < -0.4 is 0 Å². The van der Waals surface area contributed by atoms with Gasteiger partial charge in [0.2, 0.25) is 0 Å². The average molecular weight is 220 g/mol. The fourth-order valence-corrected chi connectivity index (χ4v) is 5.25. The van der Waals surface area contributed by atoms with Gasteiger partial charge in [-0.15, -0.1) is 0 Å². The second-order valence-corrected chi connectivity index (χ2v) is 6.94. The van der Waals surface area contributed by atoms with E-state index < -0.39 is 0 Å². The lowest BCUT2D eigenvalue weighted by atomic mass is 9.33. The van der Waals surface area contributed by atoms with Gasteiger partial charge in [0.05, 0.1) is 6.10 Å². The summed E-state index contributed by atoms with van der Waals surface area (Å²) in [6.07, 6.45) is 3.53. The molecule has 1 N–H and O–H groups in total. The molecule has 4 bridgehead atoms. The van der Waals surface area contributed by atoms with Crippen molar-refractivity contribution in [2.45, 2.75) is 46.1 Å². The molecule has 0 aromatic carbocycles. The highest BCUT2D eigenvalue weighted by Crippen LogP contribution is 2.72. The summed E-state index contributed by atoms with van der Waals surface area (Å²) in [5.74, 6) is 3.92. The van der Waals surface area contributed by atoms with Crippen molar-refractivity contribution in [3.63, 3.8) is 0 Å². The van der Waals surface area contributed by atoms with Crippen molar-refractivity contribution in [3.05, 3.63) is 12.2 Å². The largest absolute Gasteiger partial charge is 0.389 e. The minimum absolute atomic E-state index is 0.203. The molecule has 0 spiro atoms. The van der Waals surface area contributed by atoms with Crippen LogP contribution in [0.25, 0.3) is 0 Å². The van der Waals surface area contributed by atoms with Crippen molar-refractivity contribution in [1.29, 1.82) is 0 Å². The van der Waals surface area contributed by atoms with E-state index in [1.54, 1.807) is 0 Å². The molecule has 0 amide bonds. The van der Waals surface area contributed by atoms with E-state index in [4.69, 9.17) is 0 Å². The molecule has 0 aromatic heterocycles. The van der Waals surface area contributed by atoms with Gasteiger partial charge in [0.25, 0.3) is 0 Å². The highest BCUT2D eigenvalue weighted by Gasteiger charge is 2.67. The number of fused-ring (bicyclic) bond motifs is 1. The molecule has 3 fully saturated rings. The third-order valence-electron chi connectivity index (χ3n) is 6.08. The molecule has 3 aliphatic rings. The standard InChI is InChI=1S/C15H24O/c1-8(2)10-5-6-15(4)11-7-12(16)9(3)14(15)13(10)11/h8,10-14,16H,3,5-7H2,1-2,4H3/t10-,11+,12-,13?,14?,15?/m1/s1. The zero-order valence-corrected chi connectivity index (χ0v) is 10.7. The van der Waals surface area contributed by atoms with E-state index >= 15 is 0 Å². The molecule has 16 heavy (non-hydrogen) atoms. The minimum Gasteiger partial charge on any atom is -0.389 e. The van der Waals surface area contributed by atoms with E-state index in [1.807, 2.05) is 0 Å². The van der Waals surface area contributed by atoms with Crippen LogP contribution in [0.2, 0.25) is 0 Å². The quantitative estimate of drug-likeness (QED) is 0.673. The number of hydrogen-bond acceptors (Lipinski definition) is 1. The van der Waals surface area contributed by atoms with Crippen LogP contribution in [-0.2, 0) is 0 Å². The Labute approximate surface area is 98.9 Å². The molecular formula is C15H24O. The van der Waals surface area contributed by atoms with Crippen molar-refractivity contribution in [2.75, 3.05) is 0 Å². The van der Waals surface area contributed by atoms with Crippen LogP contribution in [0.3, 0.4) is 0 Å². The number of aliphatic hydroxyl groups excluding tert-OH is 1. The summed E-state index contributed by atoms with van der Waals surface area (Å²) in [6.45, 7) is 11.3. The van der Waals surface area contributed by atoms with Crippen molar-refractivity contribution >= 4 is 0 Å². The maximum Gasteiger partial charge on any atom is 0.0753 e. The minimum atomic E-state index is -0.203. The molecule has 0 aromatic rings. The van der Waals surface area contributed by atoms with Gasteiger partial charge in [-0.3, -0.25) is 0 Å². The maximum atomic E-state index is 9.97. The van der Waals surface area contributed by atoms with E-state index in [-0.39, 0.29) is 6.10 Å². The van der Waals surface area contributed by atoms with Crippen molar-refractivity contribution in [3.8, 4) is 0 Å². The lowest BCUT2D eigenvalue weighted by Gasteiger charge is -2.71. The van der Waals surface area contributed by atoms with Gasteiger partial charge in [-0.2, -0.15) is 0 Å². The lowest BCUT2D eigenvalue weighted by Crippen LogP contribution is -2.67. The Hall–Kier alpha value is -0.300. The molecule has 1 nitrogen and oxygen atoms in total. The van der Waals surface area contributed by atoms with Gasteiger partial charge in [-0.1, -0.05) is 27.4 Å². The summed E-state index contributed by atoms with van der Waals surface area (Å²) in [6, 6.07) is 0. The third kappa shape index (κ3) is 1.06. The molecule has 3 unspecified atom stereocenters. The molecule has 3 saturated carbocycles. The molecular weight excluding hydrogens is 196 g/mol. The number of aliphatic hydroxyl groups is 1. The number of hydrogen-bond donors (Lipinski definition) is 1. The summed E-state index contributed by atoms with van der Waals surface area (Å²) in [5.41, 5.74) is 1.65. The first-order chi connectivity index (χ1) is 7.47. The van der Waals surface area contributed by atoms with Crippen LogP contribution in [0.15, 0.2) is 12.2 Å². The van der Waals surface area contributed by atoms with E-state index in [0.29, 0.717) is 11.3 Å². The Balaban J connectivity index is 1.93. The molecule has 90 valence electrons. The van der Waals surface area contributed by atoms with E-state index in [2.05, 4.69) is 27.4 Å². The Kier molecular flexibility index (Phi) is 2.12. The van der Waals surface area contributed by atoms with Crippen LogP contribution >= 0.6 is 0 Å². The van der Waals surface area contributed by atoms with Gasteiger partial charge in [0.1, 0.15) is 0 Å². The summed E-state index contributed by atoms with van der Waals surface area (Å²) >= 11 is 0. The van der Waals surface area contributed by atoms with E-state index in [9.17, 15) is 5.11 Å². The fraction of sp³-hybridized carbons (Fsp3) is 0.867. The van der Waals surface area contributed by atoms with Gasteiger partial charge in [0.15, 0.2) is 0 Å². The van der Waals surface area contributed by atoms with Crippen LogP contribution in [0.4, 0.5) is 0 Å². The molecule has 0 heterocycles. The summed E-state index contributed by atoms with van der Waals surface area (Å²) in [7, 11) is 0. The van der Waals surface area contributed by atoms with Crippen molar-refractivity contribution < 1.29 is 5.11 Å². The monoisotopic (exact) mass is 220 g/mol. The van der Waals surface area contributed by atoms with Crippen LogP contribution in [0, 0.1) is 35.0 Å². The highest BCUT2D eigenvalue weighted by molar-refractivity contribution is 5.29. The second kappa shape index (κ2) is 3.13. The van der Waals surface area contributed by atoms with Crippen molar-refractivity contribution in [1.82, 2.24) is 0 Å². The SMILES string of the molecule is C=C1C2C3[C@@H](C(C)C)CCC2(C)[C@H]3C[C@H]1O. The molecule has 1 heteroatoms. The average Bonchev–Trinajstić information content (AvgIpc) is 2.22. The summed E-state index contributed by atoms with van der Waals surface area (Å²) < 4.78 is 0. The third-order valence-corrected chi connectivity index (χ3v) is 6.08. The molecule has 0 radical (unpaired) electrons. The number of rotatable bonds is 1. The smallest absolute Gasteiger partial charge is 0.0753 e. The fourth-order valence-electron chi connectivity index (χ4n) is 5.25. The first kappa shape index (κ1) is 10.8. The van der Waals surface area contributed by atoms with Crippen LogP contribution in [0.1, 0.15) is 40.0 Å². The second-order valence-electron chi connectivity index (χ2n) is 6.94. The van der Waals surface area contributed by atoms with E-state index in [0.717, 1.165) is 35.7 Å². The van der Waals surface area contributed by atoms with Gasteiger partial charge in [-0.05, 0) is 59.8 Å². The lowest BCUT2D eigenvalue weighted by molar-refractivity contribution is -0.211. The van der Waals surface area contributed by atoms with E-state index in [1.165, 1.54) is 12.8 Å². The van der Waals surface area contributed by atoms with Crippen LogP contribution in [-0.4, -0.2) is 11.2 Å². The highest BCUT2D eigenvalue weighted by atomic mass is 16.3. The Morgan fingerprint density at radius 1 is 1.44 bits per heavy atom. The molecule has 0 aliphatic heterocycles. The van der Waals surface area contributed by atoms with Gasteiger partial charge < -0.3 is 5.11 Å². The molecule has 6 atom stereocenters. The normalized spacial score (nSPS) is 55.1. The molecule has 3 rings (SSSR count). The summed E-state index contributed by atoms with van der Waals surface area (Å²) in [5, 5.41) is 9.97. The zero-order valence-electron chi connectivity index (χ0n) is 10.7. The van der Waals surface area contributed by atoms with Crippen LogP contribution in [0.5, 0.6) is 0 Å².